The number of esters is 1. The summed E-state index contributed by atoms with van der Waals surface area (Å²) in [5.41, 5.74) is 3.32. The monoisotopic (exact) mass is 475 g/mol. The first-order chi connectivity index (χ1) is 15.4. The van der Waals surface area contributed by atoms with E-state index in [1.165, 1.54) is 13.3 Å². The summed E-state index contributed by atoms with van der Waals surface area (Å²) in [4.78, 5) is 24.6. The van der Waals surface area contributed by atoms with Crippen molar-refractivity contribution in [1.29, 1.82) is 0 Å². The van der Waals surface area contributed by atoms with E-state index in [2.05, 4.69) is 15.8 Å². The molecule has 166 valence electrons. The molecule has 0 atom stereocenters. The van der Waals surface area contributed by atoms with Crippen LogP contribution in [-0.2, 0) is 4.74 Å². The Labute approximate surface area is 194 Å². The number of nitrogens with zero attached hydrogens (tertiary/aromatic N) is 1. The second kappa shape index (κ2) is 10.7. The third-order valence-corrected chi connectivity index (χ3v) is 4.75. The maximum atomic E-state index is 12.4. The molecule has 0 fully saturated rings. The van der Waals surface area contributed by atoms with Gasteiger partial charge < -0.3 is 19.2 Å². The van der Waals surface area contributed by atoms with Gasteiger partial charge in [0.25, 0.3) is 5.91 Å². The van der Waals surface area contributed by atoms with Gasteiger partial charge in [-0.1, -0.05) is 29.3 Å². The molecule has 1 aromatic heterocycles. The summed E-state index contributed by atoms with van der Waals surface area (Å²) in [7, 11) is 1.53. The summed E-state index contributed by atoms with van der Waals surface area (Å²) >= 11 is 12.4. The molecule has 0 aliphatic heterocycles. The topological polar surface area (TPSA) is 102 Å². The third-order valence-electron chi connectivity index (χ3n) is 4.14. The van der Waals surface area contributed by atoms with Crippen molar-refractivity contribution in [3.8, 4) is 5.75 Å². The number of amides is 1. The molecule has 3 aromatic rings. The van der Waals surface area contributed by atoms with Crippen LogP contribution in [0.2, 0.25) is 10.0 Å². The predicted molar refractivity (Wildman–Crippen MR) is 122 cm³/mol. The van der Waals surface area contributed by atoms with Crippen LogP contribution in [0.5, 0.6) is 5.75 Å². The molecule has 2 N–H and O–H groups in total. The van der Waals surface area contributed by atoms with Crippen molar-refractivity contribution in [3.05, 3.63) is 75.5 Å². The fourth-order valence-corrected chi connectivity index (χ4v) is 3.08. The number of hydrazone groups is 1. The lowest BCUT2D eigenvalue weighted by atomic mass is 10.2. The minimum atomic E-state index is -0.673. The van der Waals surface area contributed by atoms with Gasteiger partial charge in [0.1, 0.15) is 16.3 Å². The number of hydrogen-bond donors (Lipinski definition) is 2. The number of ether oxygens (including phenoxy) is 2. The van der Waals surface area contributed by atoms with Crippen molar-refractivity contribution in [2.75, 3.05) is 19.0 Å². The number of hydrogen-bond acceptors (Lipinski definition) is 7. The van der Waals surface area contributed by atoms with Crippen molar-refractivity contribution in [1.82, 2.24) is 5.43 Å². The molecule has 8 nitrogen and oxygen atoms in total. The van der Waals surface area contributed by atoms with Crippen LogP contribution in [0, 0.1) is 0 Å². The number of benzene rings is 2. The molecule has 32 heavy (non-hydrogen) atoms. The smallest absolute Gasteiger partial charge is 0.345 e. The summed E-state index contributed by atoms with van der Waals surface area (Å²) in [5, 5.41) is 7.30. The van der Waals surface area contributed by atoms with Crippen LogP contribution in [0.15, 0.2) is 58.0 Å². The standard InChI is InChI=1S/C22H19Cl2N3O5/c1-3-31-22(29)18-19(24)17(32-21(18)26-15-6-4-5-14(23)11-15)12-25-27-20(28)13-7-9-16(30-2)10-8-13/h4-12,26H,3H2,1-2H3,(H,27,28)/b25-12-. The van der Waals surface area contributed by atoms with E-state index in [1.54, 1.807) is 55.5 Å². The third kappa shape index (κ3) is 5.60. The van der Waals surface area contributed by atoms with Gasteiger partial charge in [-0.3, -0.25) is 4.79 Å². The SMILES string of the molecule is CCOC(=O)c1c(Nc2cccc(Cl)c2)oc(/C=N\NC(=O)c2ccc(OC)cc2)c1Cl. The molecule has 1 heterocycles. The lowest BCUT2D eigenvalue weighted by molar-refractivity contribution is 0.0527. The Kier molecular flexibility index (Phi) is 7.75. The highest BCUT2D eigenvalue weighted by Gasteiger charge is 2.25. The van der Waals surface area contributed by atoms with E-state index in [-0.39, 0.29) is 28.8 Å². The van der Waals surface area contributed by atoms with Gasteiger partial charge in [0.2, 0.25) is 5.88 Å². The van der Waals surface area contributed by atoms with E-state index >= 15 is 0 Å². The van der Waals surface area contributed by atoms with Crippen LogP contribution < -0.4 is 15.5 Å². The molecule has 0 bridgehead atoms. The van der Waals surface area contributed by atoms with Crippen LogP contribution in [0.4, 0.5) is 11.6 Å². The summed E-state index contributed by atoms with van der Waals surface area (Å²) in [6.07, 6.45) is 1.19. The van der Waals surface area contributed by atoms with Crippen LogP contribution in [-0.4, -0.2) is 31.8 Å². The molecule has 0 unspecified atom stereocenters. The zero-order chi connectivity index (χ0) is 23.1. The normalized spacial score (nSPS) is 10.8. The Morgan fingerprint density at radius 1 is 1.16 bits per heavy atom. The minimum Gasteiger partial charge on any atom is -0.497 e. The van der Waals surface area contributed by atoms with E-state index in [0.29, 0.717) is 22.0 Å². The van der Waals surface area contributed by atoms with E-state index in [0.717, 1.165) is 0 Å². The van der Waals surface area contributed by atoms with E-state index in [1.807, 2.05) is 0 Å². The molecule has 10 heteroatoms. The molecule has 0 spiro atoms. The van der Waals surface area contributed by atoms with E-state index in [4.69, 9.17) is 37.1 Å². The van der Waals surface area contributed by atoms with Crippen molar-refractivity contribution in [2.24, 2.45) is 5.10 Å². The molecule has 0 saturated carbocycles. The summed E-state index contributed by atoms with van der Waals surface area (Å²) in [5.74, 6) is -0.395. The number of carbonyl (C=O) groups excluding carboxylic acids is 2. The molecule has 3 rings (SSSR count). The Hall–Kier alpha value is -3.49. The molecule has 0 radical (unpaired) electrons. The van der Waals surface area contributed by atoms with E-state index in [9.17, 15) is 9.59 Å². The van der Waals surface area contributed by atoms with Gasteiger partial charge in [-0.2, -0.15) is 5.10 Å². The second-order valence-electron chi connectivity index (χ2n) is 6.27. The van der Waals surface area contributed by atoms with Crippen LogP contribution in [0.1, 0.15) is 33.4 Å². The average molecular weight is 476 g/mol. The van der Waals surface area contributed by atoms with Crippen molar-refractivity contribution >= 4 is 52.9 Å². The van der Waals surface area contributed by atoms with E-state index < -0.39 is 11.9 Å². The van der Waals surface area contributed by atoms with Gasteiger partial charge in [-0.15, -0.1) is 0 Å². The lowest BCUT2D eigenvalue weighted by Crippen LogP contribution is -2.17. The minimum absolute atomic E-state index is 0.00331. The Morgan fingerprint density at radius 2 is 1.91 bits per heavy atom. The molecule has 2 aromatic carbocycles. The summed E-state index contributed by atoms with van der Waals surface area (Å²) in [6, 6.07) is 13.3. The highest BCUT2D eigenvalue weighted by atomic mass is 35.5. The molecule has 1 amide bonds. The Bertz CT molecular complexity index is 1140. The van der Waals surface area contributed by atoms with Crippen LogP contribution in [0.25, 0.3) is 0 Å². The molecule has 0 aliphatic carbocycles. The van der Waals surface area contributed by atoms with Crippen molar-refractivity contribution in [3.63, 3.8) is 0 Å². The number of anilines is 2. The van der Waals surface area contributed by atoms with Gasteiger partial charge in [0.15, 0.2) is 5.76 Å². The molecule has 0 saturated heterocycles. The first-order valence-corrected chi connectivity index (χ1v) is 10.2. The quantitative estimate of drug-likeness (QED) is 0.261. The Morgan fingerprint density at radius 3 is 2.56 bits per heavy atom. The predicted octanol–water partition coefficient (Wildman–Crippen LogP) is 5.28. The number of rotatable bonds is 8. The lowest BCUT2D eigenvalue weighted by Gasteiger charge is -2.06. The fourth-order valence-electron chi connectivity index (χ4n) is 2.64. The van der Waals surface area contributed by atoms with Gasteiger partial charge >= 0.3 is 5.97 Å². The van der Waals surface area contributed by atoms with Crippen LogP contribution in [0.3, 0.4) is 0 Å². The number of methoxy groups -OCH3 is 1. The van der Waals surface area contributed by atoms with Gasteiger partial charge in [0, 0.05) is 16.3 Å². The number of halogens is 2. The van der Waals surface area contributed by atoms with Crippen molar-refractivity contribution < 1.29 is 23.5 Å². The fraction of sp³-hybridized carbons (Fsp3) is 0.136. The Balaban J connectivity index is 1.82. The van der Waals surface area contributed by atoms with Gasteiger partial charge in [0.05, 0.1) is 19.9 Å². The highest BCUT2D eigenvalue weighted by molar-refractivity contribution is 6.36. The number of furan rings is 1. The maximum Gasteiger partial charge on any atom is 0.345 e. The van der Waals surface area contributed by atoms with Gasteiger partial charge in [-0.05, 0) is 49.4 Å². The number of carbonyl (C=O) groups is 2. The zero-order valence-corrected chi connectivity index (χ0v) is 18.7. The highest BCUT2D eigenvalue weighted by Crippen LogP contribution is 2.34. The maximum absolute atomic E-state index is 12.4. The molecular weight excluding hydrogens is 457 g/mol. The summed E-state index contributed by atoms with van der Waals surface area (Å²) in [6.45, 7) is 1.82. The second-order valence-corrected chi connectivity index (χ2v) is 7.08. The number of nitrogens with one attached hydrogen (secondary N) is 2. The summed E-state index contributed by atoms with van der Waals surface area (Å²) < 4.78 is 15.8. The molecular formula is C22H19Cl2N3O5. The van der Waals surface area contributed by atoms with Crippen molar-refractivity contribution in [2.45, 2.75) is 6.92 Å². The average Bonchev–Trinajstić information content (AvgIpc) is 3.08. The largest absolute Gasteiger partial charge is 0.497 e. The first-order valence-electron chi connectivity index (χ1n) is 9.42. The van der Waals surface area contributed by atoms with Gasteiger partial charge in [-0.25, -0.2) is 10.2 Å². The zero-order valence-electron chi connectivity index (χ0n) is 17.1. The first kappa shape index (κ1) is 23.2. The van der Waals surface area contributed by atoms with Crippen LogP contribution >= 0.6 is 23.2 Å². The molecule has 0 aliphatic rings.